The number of hydrogen-bond donors (Lipinski definition) is 1. The fourth-order valence-corrected chi connectivity index (χ4v) is 1.50. The molecule has 5 nitrogen and oxygen atoms in total. The third kappa shape index (κ3) is 4.61. The highest BCUT2D eigenvalue weighted by atomic mass is 19.1. The third-order valence-electron chi connectivity index (χ3n) is 2.54. The molecule has 0 saturated carbocycles. The summed E-state index contributed by atoms with van der Waals surface area (Å²) in [6.45, 7) is 0. The van der Waals surface area contributed by atoms with Crippen LogP contribution in [0.3, 0.4) is 0 Å². The number of nitrogens with zero attached hydrogens (tertiary/aromatic N) is 1. The summed E-state index contributed by atoms with van der Waals surface area (Å²) in [5, 5.41) is 6.02. The van der Waals surface area contributed by atoms with Crippen LogP contribution in [0.1, 0.15) is 5.56 Å². The zero-order chi connectivity index (χ0) is 15.1. The first-order chi connectivity index (χ1) is 10.2. The van der Waals surface area contributed by atoms with Crippen molar-refractivity contribution in [3.05, 3.63) is 59.9 Å². The van der Waals surface area contributed by atoms with Gasteiger partial charge in [0, 0.05) is 5.69 Å². The van der Waals surface area contributed by atoms with E-state index in [0.29, 0.717) is 17.0 Å². The second kappa shape index (κ2) is 7.04. The van der Waals surface area contributed by atoms with Crippen LogP contribution >= 0.6 is 0 Å². The number of methoxy groups -OCH3 is 1. The van der Waals surface area contributed by atoms with Crippen molar-refractivity contribution in [1.29, 1.82) is 0 Å². The third-order valence-corrected chi connectivity index (χ3v) is 2.54. The van der Waals surface area contributed by atoms with Gasteiger partial charge in [0.15, 0.2) is 0 Å². The SMILES string of the molecule is COc1ccc(NC(=O)O/N=C/c2ccc(F)cc2)cc1. The highest BCUT2D eigenvalue weighted by Gasteiger charge is 2.02. The lowest BCUT2D eigenvalue weighted by atomic mass is 10.2. The molecule has 0 aliphatic carbocycles. The zero-order valence-electron chi connectivity index (χ0n) is 11.2. The normalized spacial score (nSPS) is 10.4. The van der Waals surface area contributed by atoms with Crippen LogP contribution in [-0.2, 0) is 4.84 Å². The van der Waals surface area contributed by atoms with Crippen molar-refractivity contribution in [2.45, 2.75) is 0 Å². The number of nitrogens with one attached hydrogen (secondary N) is 1. The molecule has 108 valence electrons. The number of rotatable bonds is 4. The maximum Gasteiger partial charge on any atom is 0.437 e. The van der Waals surface area contributed by atoms with Crippen molar-refractivity contribution >= 4 is 18.0 Å². The Balaban J connectivity index is 1.85. The number of ether oxygens (including phenoxy) is 1. The van der Waals surface area contributed by atoms with E-state index in [1.165, 1.54) is 30.5 Å². The largest absolute Gasteiger partial charge is 0.497 e. The molecule has 6 heteroatoms. The number of amides is 1. The summed E-state index contributed by atoms with van der Waals surface area (Å²) in [4.78, 5) is 16.1. The van der Waals surface area contributed by atoms with Crippen LogP contribution in [0.5, 0.6) is 5.75 Å². The molecule has 0 fully saturated rings. The Labute approximate surface area is 121 Å². The Kier molecular flexibility index (Phi) is 4.87. The molecular formula is C15H13FN2O3. The predicted octanol–water partition coefficient (Wildman–Crippen LogP) is 3.42. The molecule has 0 radical (unpaired) electrons. The van der Waals surface area contributed by atoms with E-state index in [1.54, 1.807) is 31.4 Å². The molecule has 0 aliphatic rings. The number of carbonyl (C=O) groups excluding carboxylic acids is 1. The van der Waals surface area contributed by atoms with Gasteiger partial charge in [-0.05, 0) is 42.0 Å². The number of anilines is 1. The monoisotopic (exact) mass is 288 g/mol. The van der Waals surface area contributed by atoms with Crippen molar-refractivity contribution in [1.82, 2.24) is 0 Å². The average Bonchev–Trinajstić information content (AvgIpc) is 2.50. The smallest absolute Gasteiger partial charge is 0.437 e. The number of oxime groups is 1. The summed E-state index contributed by atoms with van der Waals surface area (Å²) in [6, 6.07) is 12.4. The van der Waals surface area contributed by atoms with Gasteiger partial charge in [-0.3, -0.25) is 10.2 Å². The molecule has 0 bridgehead atoms. The van der Waals surface area contributed by atoms with Crippen LogP contribution in [0.25, 0.3) is 0 Å². The Morgan fingerprint density at radius 2 is 1.81 bits per heavy atom. The van der Waals surface area contributed by atoms with Crippen molar-refractivity contribution < 1.29 is 18.8 Å². The van der Waals surface area contributed by atoms with Crippen molar-refractivity contribution in [2.24, 2.45) is 5.16 Å². The molecule has 0 unspecified atom stereocenters. The van der Waals surface area contributed by atoms with E-state index in [0.717, 1.165) is 0 Å². The minimum Gasteiger partial charge on any atom is -0.497 e. The lowest BCUT2D eigenvalue weighted by molar-refractivity contribution is 0.167. The summed E-state index contributed by atoms with van der Waals surface area (Å²) in [6.07, 6.45) is 0.589. The molecule has 2 aromatic carbocycles. The molecule has 1 N–H and O–H groups in total. The van der Waals surface area contributed by atoms with Gasteiger partial charge in [-0.2, -0.15) is 0 Å². The standard InChI is InChI=1S/C15H13FN2O3/c1-20-14-8-6-13(7-9-14)18-15(19)21-17-10-11-2-4-12(16)5-3-11/h2-10H,1H3,(H,18,19)/b17-10+. The fourth-order valence-electron chi connectivity index (χ4n) is 1.50. The van der Waals surface area contributed by atoms with E-state index in [9.17, 15) is 9.18 Å². The van der Waals surface area contributed by atoms with E-state index in [4.69, 9.17) is 4.74 Å². The Bertz CT molecular complexity index is 624. The van der Waals surface area contributed by atoms with Gasteiger partial charge in [-0.1, -0.05) is 17.3 Å². The summed E-state index contributed by atoms with van der Waals surface area (Å²) in [7, 11) is 1.56. The van der Waals surface area contributed by atoms with Gasteiger partial charge in [0.1, 0.15) is 11.6 Å². The number of halogens is 1. The van der Waals surface area contributed by atoms with E-state index in [1.807, 2.05) is 0 Å². The first-order valence-electron chi connectivity index (χ1n) is 6.08. The molecule has 21 heavy (non-hydrogen) atoms. The maximum atomic E-state index is 12.7. The highest BCUT2D eigenvalue weighted by molar-refractivity contribution is 5.85. The number of benzene rings is 2. The predicted molar refractivity (Wildman–Crippen MR) is 77.1 cm³/mol. The van der Waals surface area contributed by atoms with E-state index >= 15 is 0 Å². The molecule has 0 saturated heterocycles. The Morgan fingerprint density at radius 3 is 2.43 bits per heavy atom. The van der Waals surface area contributed by atoms with Crippen LogP contribution in [-0.4, -0.2) is 19.4 Å². The Morgan fingerprint density at radius 1 is 1.14 bits per heavy atom. The van der Waals surface area contributed by atoms with Crippen LogP contribution in [0.15, 0.2) is 53.7 Å². The first-order valence-corrected chi connectivity index (χ1v) is 6.08. The quantitative estimate of drug-likeness (QED) is 0.533. The second-order valence-electron chi connectivity index (χ2n) is 4.02. The Hall–Kier alpha value is -2.89. The topological polar surface area (TPSA) is 59.9 Å². The molecular weight excluding hydrogens is 275 g/mol. The van der Waals surface area contributed by atoms with Crippen molar-refractivity contribution in [2.75, 3.05) is 12.4 Å². The van der Waals surface area contributed by atoms with E-state index in [2.05, 4.69) is 15.3 Å². The van der Waals surface area contributed by atoms with Crippen molar-refractivity contribution in [3.8, 4) is 5.75 Å². The van der Waals surface area contributed by atoms with E-state index in [-0.39, 0.29) is 5.82 Å². The number of hydrogen-bond acceptors (Lipinski definition) is 4. The molecule has 1 amide bonds. The van der Waals surface area contributed by atoms with Crippen LogP contribution in [0.2, 0.25) is 0 Å². The molecule has 0 heterocycles. The second-order valence-corrected chi connectivity index (χ2v) is 4.02. The summed E-state index contributed by atoms with van der Waals surface area (Å²) in [5.74, 6) is 0.341. The van der Waals surface area contributed by atoms with E-state index < -0.39 is 6.09 Å². The first kappa shape index (κ1) is 14.5. The van der Waals surface area contributed by atoms with Gasteiger partial charge in [0.25, 0.3) is 0 Å². The van der Waals surface area contributed by atoms with Crippen molar-refractivity contribution in [3.63, 3.8) is 0 Å². The molecule has 2 aromatic rings. The van der Waals surface area contributed by atoms with Crippen LogP contribution in [0, 0.1) is 5.82 Å². The fraction of sp³-hybridized carbons (Fsp3) is 0.0667. The molecule has 0 aliphatic heterocycles. The maximum absolute atomic E-state index is 12.7. The van der Waals surface area contributed by atoms with Gasteiger partial charge in [0.2, 0.25) is 0 Å². The zero-order valence-corrected chi connectivity index (χ0v) is 11.2. The minimum absolute atomic E-state index is 0.342. The van der Waals surface area contributed by atoms with Crippen LogP contribution in [0.4, 0.5) is 14.9 Å². The summed E-state index contributed by atoms with van der Waals surface area (Å²) >= 11 is 0. The highest BCUT2D eigenvalue weighted by Crippen LogP contribution is 2.15. The lowest BCUT2D eigenvalue weighted by Crippen LogP contribution is -2.10. The van der Waals surface area contributed by atoms with Gasteiger partial charge in [-0.25, -0.2) is 9.18 Å². The average molecular weight is 288 g/mol. The van der Waals surface area contributed by atoms with Gasteiger partial charge in [0.05, 0.1) is 13.3 Å². The van der Waals surface area contributed by atoms with Gasteiger partial charge >= 0.3 is 6.09 Å². The molecule has 0 atom stereocenters. The molecule has 0 spiro atoms. The lowest BCUT2D eigenvalue weighted by Gasteiger charge is -2.03. The summed E-state index contributed by atoms with van der Waals surface area (Å²) in [5.41, 5.74) is 1.17. The molecule has 2 rings (SSSR count). The van der Waals surface area contributed by atoms with Gasteiger partial charge in [-0.15, -0.1) is 0 Å². The van der Waals surface area contributed by atoms with Gasteiger partial charge < -0.3 is 4.74 Å². The number of carbonyl (C=O) groups is 1. The minimum atomic E-state index is -0.724. The van der Waals surface area contributed by atoms with Crippen LogP contribution < -0.4 is 10.1 Å². The molecule has 0 aromatic heterocycles. The summed E-state index contributed by atoms with van der Waals surface area (Å²) < 4.78 is 17.7.